The highest BCUT2D eigenvalue weighted by molar-refractivity contribution is 5.75. The lowest BCUT2D eigenvalue weighted by molar-refractivity contribution is -0.147. The van der Waals surface area contributed by atoms with Crippen molar-refractivity contribution in [2.75, 3.05) is 43.6 Å². The lowest BCUT2D eigenvalue weighted by Gasteiger charge is -2.28. The second-order valence-corrected chi connectivity index (χ2v) is 7.64. The molecule has 1 aliphatic heterocycles. The van der Waals surface area contributed by atoms with Crippen molar-refractivity contribution in [2.24, 2.45) is 0 Å². The van der Waals surface area contributed by atoms with Gasteiger partial charge in [-0.25, -0.2) is 14.8 Å². The summed E-state index contributed by atoms with van der Waals surface area (Å²) in [6.07, 6.45) is 0.829. The first-order valence-electron chi connectivity index (χ1n) is 10.9. The van der Waals surface area contributed by atoms with Gasteiger partial charge in [-0.05, 0) is 55.5 Å². The number of anilines is 3. The molecule has 2 aromatic carbocycles. The van der Waals surface area contributed by atoms with Crippen molar-refractivity contribution in [3.63, 3.8) is 0 Å². The zero-order valence-corrected chi connectivity index (χ0v) is 19.0. The number of hydrogen-bond acceptors (Lipinski definition) is 9. The van der Waals surface area contributed by atoms with Gasteiger partial charge in [0.2, 0.25) is 5.95 Å². The van der Waals surface area contributed by atoms with Gasteiger partial charge in [-0.3, -0.25) is 0 Å². The molecule has 4 rings (SSSR count). The summed E-state index contributed by atoms with van der Waals surface area (Å²) < 4.78 is 15.7. The lowest BCUT2D eigenvalue weighted by atomic mass is 10.1. The minimum atomic E-state index is -0.826. The van der Waals surface area contributed by atoms with E-state index in [-0.39, 0.29) is 0 Å². The second kappa shape index (κ2) is 10.6. The number of esters is 1. The Bertz CT molecular complexity index is 1190. The quantitative estimate of drug-likeness (QED) is 0.531. The highest BCUT2D eigenvalue weighted by Gasteiger charge is 2.17. The molecule has 0 aliphatic carbocycles. The predicted octanol–water partition coefficient (Wildman–Crippen LogP) is 3.54. The summed E-state index contributed by atoms with van der Waals surface area (Å²) in [4.78, 5) is 22.8. The van der Waals surface area contributed by atoms with E-state index in [1.807, 2.05) is 12.1 Å². The Morgan fingerprint density at radius 3 is 2.65 bits per heavy atom. The molecule has 1 aliphatic rings. The van der Waals surface area contributed by atoms with Crippen molar-refractivity contribution in [3.05, 3.63) is 60.3 Å². The molecule has 3 aromatic rings. The fourth-order valence-electron chi connectivity index (χ4n) is 3.57. The number of nitrogens with zero attached hydrogens (tertiary/aromatic N) is 4. The molecule has 1 saturated heterocycles. The molecule has 9 nitrogen and oxygen atoms in total. The smallest absolute Gasteiger partial charge is 0.346 e. The predicted molar refractivity (Wildman–Crippen MR) is 127 cm³/mol. The third-order valence-electron chi connectivity index (χ3n) is 5.39. The monoisotopic (exact) mass is 459 g/mol. The van der Waals surface area contributed by atoms with E-state index in [1.165, 1.54) is 7.11 Å². The molecule has 1 N–H and O–H groups in total. The van der Waals surface area contributed by atoms with Crippen LogP contribution < -0.4 is 15.0 Å². The van der Waals surface area contributed by atoms with Crippen molar-refractivity contribution < 1.29 is 19.0 Å². The number of carbonyl (C=O) groups excluding carboxylic acids is 1. The number of carbonyl (C=O) groups is 1. The van der Waals surface area contributed by atoms with E-state index < -0.39 is 12.1 Å². The molecule has 1 atom stereocenters. The fraction of sp³-hybridized carbons (Fsp3) is 0.280. The van der Waals surface area contributed by atoms with Crippen molar-refractivity contribution in [1.29, 1.82) is 5.26 Å². The first kappa shape index (κ1) is 23.0. The average molecular weight is 460 g/mol. The standard InChI is InChI=1S/C25H25N5O4/c1-17(24(31)32-2)34-23-8-3-18(15-19(23)16-26)22-9-10-27-25(29-22)28-20-4-6-21(7-5-20)30-11-13-33-14-12-30/h3-10,15,17H,11-14H2,1-2H3,(H,27,28,29). The molecule has 0 amide bonds. The molecule has 174 valence electrons. The minimum absolute atomic E-state index is 0.292. The van der Waals surface area contributed by atoms with Crippen LogP contribution in [0.5, 0.6) is 5.75 Å². The number of ether oxygens (including phenoxy) is 3. The molecule has 0 spiro atoms. The molecule has 9 heteroatoms. The van der Waals surface area contributed by atoms with Crippen LogP contribution in [0.3, 0.4) is 0 Å². The summed E-state index contributed by atoms with van der Waals surface area (Å²) in [7, 11) is 1.29. The minimum Gasteiger partial charge on any atom is -0.478 e. The van der Waals surface area contributed by atoms with Gasteiger partial charge in [0.05, 0.1) is 31.6 Å². The van der Waals surface area contributed by atoms with Crippen LogP contribution in [0.25, 0.3) is 11.3 Å². The number of methoxy groups -OCH3 is 1. The van der Waals surface area contributed by atoms with Crippen molar-refractivity contribution in [1.82, 2.24) is 9.97 Å². The van der Waals surface area contributed by atoms with Crippen molar-refractivity contribution in [2.45, 2.75) is 13.0 Å². The summed E-state index contributed by atoms with van der Waals surface area (Å²) in [6, 6.07) is 17.1. The van der Waals surface area contributed by atoms with E-state index in [0.29, 0.717) is 23.0 Å². The average Bonchev–Trinajstić information content (AvgIpc) is 2.89. The van der Waals surface area contributed by atoms with Gasteiger partial charge in [0.15, 0.2) is 6.10 Å². The number of benzene rings is 2. The summed E-state index contributed by atoms with van der Waals surface area (Å²) in [5.74, 6) is 0.226. The Kier molecular flexibility index (Phi) is 7.20. The normalized spacial score (nSPS) is 14.1. The molecule has 34 heavy (non-hydrogen) atoms. The molecule has 0 bridgehead atoms. The Balaban J connectivity index is 1.49. The molecule has 1 aromatic heterocycles. The van der Waals surface area contributed by atoms with Gasteiger partial charge >= 0.3 is 5.97 Å². The maximum Gasteiger partial charge on any atom is 0.346 e. The first-order valence-corrected chi connectivity index (χ1v) is 10.9. The lowest BCUT2D eigenvalue weighted by Crippen LogP contribution is -2.36. The van der Waals surface area contributed by atoms with Gasteiger partial charge in [-0.15, -0.1) is 0 Å². The SMILES string of the molecule is COC(=O)C(C)Oc1ccc(-c2ccnc(Nc3ccc(N4CCOCC4)cc3)n2)cc1C#N. The van der Waals surface area contributed by atoms with Crippen LogP contribution in [-0.2, 0) is 14.3 Å². The second-order valence-electron chi connectivity index (χ2n) is 7.64. The molecule has 0 saturated carbocycles. The third kappa shape index (κ3) is 5.42. The van der Waals surface area contributed by atoms with E-state index in [4.69, 9.17) is 9.47 Å². The maximum atomic E-state index is 11.6. The molecule has 1 fully saturated rings. The van der Waals surface area contributed by atoms with Crippen LogP contribution in [-0.4, -0.2) is 55.5 Å². The van der Waals surface area contributed by atoms with Crippen LogP contribution in [0.15, 0.2) is 54.7 Å². The van der Waals surface area contributed by atoms with Crippen molar-refractivity contribution >= 4 is 23.3 Å². The number of rotatable bonds is 7. The summed E-state index contributed by atoms with van der Waals surface area (Å²) >= 11 is 0. The summed E-state index contributed by atoms with van der Waals surface area (Å²) in [5.41, 5.74) is 3.68. The summed E-state index contributed by atoms with van der Waals surface area (Å²) in [5, 5.41) is 12.8. The van der Waals surface area contributed by atoms with E-state index in [1.54, 1.807) is 37.4 Å². The van der Waals surface area contributed by atoms with Gasteiger partial charge < -0.3 is 24.4 Å². The van der Waals surface area contributed by atoms with Crippen LogP contribution in [0.4, 0.5) is 17.3 Å². The topological polar surface area (TPSA) is 110 Å². The number of nitriles is 1. The molecular formula is C25H25N5O4. The van der Waals surface area contributed by atoms with Crippen LogP contribution >= 0.6 is 0 Å². The molecule has 1 unspecified atom stereocenters. The fourth-order valence-corrected chi connectivity index (χ4v) is 3.57. The molecule has 0 radical (unpaired) electrons. The third-order valence-corrected chi connectivity index (χ3v) is 5.39. The zero-order chi connectivity index (χ0) is 23.9. The first-order chi connectivity index (χ1) is 16.6. The largest absolute Gasteiger partial charge is 0.478 e. The number of hydrogen-bond donors (Lipinski definition) is 1. The van der Waals surface area contributed by atoms with E-state index in [9.17, 15) is 10.1 Å². The van der Waals surface area contributed by atoms with Gasteiger partial charge in [-0.2, -0.15) is 5.26 Å². The number of nitrogens with one attached hydrogen (secondary N) is 1. The van der Waals surface area contributed by atoms with Crippen LogP contribution in [0, 0.1) is 11.3 Å². The van der Waals surface area contributed by atoms with E-state index in [2.05, 4.69) is 43.1 Å². The maximum absolute atomic E-state index is 11.6. The zero-order valence-electron chi connectivity index (χ0n) is 19.0. The number of morpholine rings is 1. The molecule has 2 heterocycles. The Morgan fingerprint density at radius 2 is 1.94 bits per heavy atom. The number of aromatic nitrogens is 2. The van der Waals surface area contributed by atoms with Crippen LogP contribution in [0.2, 0.25) is 0 Å². The Hall–Kier alpha value is -4.16. The van der Waals surface area contributed by atoms with Gasteiger partial charge in [-0.1, -0.05) is 0 Å². The highest BCUT2D eigenvalue weighted by atomic mass is 16.6. The van der Waals surface area contributed by atoms with Gasteiger partial charge in [0.25, 0.3) is 0 Å². The highest BCUT2D eigenvalue weighted by Crippen LogP contribution is 2.27. The van der Waals surface area contributed by atoms with Crippen molar-refractivity contribution in [3.8, 4) is 23.1 Å². The van der Waals surface area contributed by atoms with E-state index >= 15 is 0 Å². The summed E-state index contributed by atoms with van der Waals surface area (Å²) in [6.45, 7) is 4.82. The Morgan fingerprint density at radius 1 is 1.18 bits per heavy atom. The van der Waals surface area contributed by atoms with Crippen LogP contribution in [0.1, 0.15) is 12.5 Å². The molecular weight excluding hydrogens is 434 g/mol. The van der Waals surface area contributed by atoms with Gasteiger partial charge in [0, 0.05) is 36.2 Å². The van der Waals surface area contributed by atoms with E-state index in [0.717, 1.165) is 43.2 Å². The Labute approximate surface area is 197 Å². The van der Waals surface area contributed by atoms with Gasteiger partial charge in [0.1, 0.15) is 11.8 Å².